The third-order valence-electron chi connectivity index (χ3n) is 4.53. The zero-order chi connectivity index (χ0) is 20.1. The number of aliphatic imine (C=N–C) groups is 1. The number of fused-ring (bicyclic) bond motifs is 1. The Kier molecular flexibility index (Phi) is 5.74. The van der Waals surface area contributed by atoms with Gasteiger partial charge in [-0.3, -0.25) is 14.6 Å². The summed E-state index contributed by atoms with van der Waals surface area (Å²) in [4.78, 5) is 29.0. The number of hydrogen-bond acceptors (Lipinski definition) is 5. The third kappa shape index (κ3) is 3.73. The van der Waals surface area contributed by atoms with E-state index >= 15 is 0 Å². The van der Waals surface area contributed by atoms with Gasteiger partial charge in [0.15, 0.2) is 0 Å². The highest BCUT2D eigenvalue weighted by Crippen LogP contribution is 2.41. The molecule has 144 valence electrons. The molecule has 4 N–H and O–H groups in total. The van der Waals surface area contributed by atoms with Crippen molar-refractivity contribution in [3.8, 4) is 5.75 Å². The summed E-state index contributed by atoms with van der Waals surface area (Å²) >= 11 is 0. The topological polar surface area (TPSA) is 106 Å². The lowest BCUT2D eigenvalue weighted by atomic mass is 9.90. The first-order valence-corrected chi connectivity index (χ1v) is 8.82. The largest absolute Gasteiger partial charge is 0.491 e. The Balaban J connectivity index is 2.06. The first-order chi connectivity index (χ1) is 13.6. The van der Waals surface area contributed by atoms with Gasteiger partial charge in [-0.15, -0.1) is 0 Å². The number of nitrogens with one attached hydrogen (secondary N) is 2. The SMILES string of the molecule is CN=CC(=CN)NC(=O)c1cc(C(=O)NC)c2c(c1)C(c1ccccc1)CO2. The highest BCUT2D eigenvalue weighted by molar-refractivity contribution is 6.04. The molecule has 7 nitrogen and oxygen atoms in total. The molecular formula is C21H22N4O3. The fraction of sp³-hybridized carbons (Fsp3) is 0.190. The van der Waals surface area contributed by atoms with Crippen molar-refractivity contribution in [2.45, 2.75) is 5.92 Å². The van der Waals surface area contributed by atoms with Crippen LogP contribution in [0, 0.1) is 0 Å². The van der Waals surface area contributed by atoms with Gasteiger partial charge in [-0.25, -0.2) is 0 Å². The lowest BCUT2D eigenvalue weighted by Gasteiger charge is -2.13. The first kappa shape index (κ1) is 19.2. The summed E-state index contributed by atoms with van der Waals surface area (Å²) in [5.74, 6) is -0.254. The molecule has 3 rings (SSSR count). The number of amides is 2. The van der Waals surface area contributed by atoms with Crippen LogP contribution in [0.5, 0.6) is 5.75 Å². The van der Waals surface area contributed by atoms with Gasteiger partial charge in [0.25, 0.3) is 11.8 Å². The van der Waals surface area contributed by atoms with Gasteiger partial charge < -0.3 is 21.1 Å². The van der Waals surface area contributed by atoms with Gasteiger partial charge in [0.05, 0.1) is 17.9 Å². The normalized spacial score (nSPS) is 15.8. The predicted octanol–water partition coefficient (Wildman–Crippen LogP) is 1.80. The Hall–Kier alpha value is -3.61. The van der Waals surface area contributed by atoms with E-state index in [9.17, 15) is 9.59 Å². The van der Waals surface area contributed by atoms with E-state index in [1.165, 1.54) is 25.5 Å². The molecule has 0 aromatic heterocycles. The minimum Gasteiger partial charge on any atom is -0.491 e. The monoisotopic (exact) mass is 378 g/mol. The molecular weight excluding hydrogens is 356 g/mol. The Morgan fingerprint density at radius 2 is 1.96 bits per heavy atom. The molecule has 2 aromatic carbocycles. The van der Waals surface area contributed by atoms with Crippen molar-refractivity contribution < 1.29 is 14.3 Å². The van der Waals surface area contributed by atoms with Crippen LogP contribution in [0.25, 0.3) is 0 Å². The van der Waals surface area contributed by atoms with Crippen LogP contribution >= 0.6 is 0 Å². The van der Waals surface area contributed by atoms with E-state index in [0.29, 0.717) is 29.2 Å². The minimum atomic E-state index is -0.386. The average molecular weight is 378 g/mol. The van der Waals surface area contributed by atoms with Crippen LogP contribution in [0.1, 0.15) is 37.8 Å². The molecule has 2 amide bonds. The number of allylic oxidation sites excluding steroid dienone is 1. The van der Waals surface area contributed by atoms with Gasteiger partial charge in [-0.05, 0) is 17.7 Å². The average Bonchev–Trinajstić information content (AvgIpc) is 3.16. The molecule has 0 spiro atoms. The molecule has 0 radical (unpaired) electrons. The summed E-state index contributed by atoms with van der Waals surface area (Å²) in [6.45, 7) is 0.408. The minimum absolute atomic E-state index is 0.0610. The summed E-state index contributed by atoms with van der Waals surface area (Å²) in [7, 11) is 3.12. The predicted molar refractivity (Wildman–Crippen MR) is 108 cm³/mol. The van der Waals surface area contributed by atoms with E-state index in [1.807, 2.05) is 30.3 Å². The molecule has 7 heteroatoms. The number of carbonyl (C=O) groups is 2. The molecule has 0 saturated carbocycles. The summed E-state index contributed by atoms with van der Waals surface area (Å²) in [6, 6.07) is 13.1. The summed E-state index contributed by atoms with van der Waals surface area (Å²) < 4.78 is 5.85. The van der Waals surface area contributed by atoms with Gasteiger partial charge in [-0.1, -0.05) is 30.3 Å². The number of rotatable bonds is 5. The molecule has 1 unspecified atom stereocenters. The van der Waals surface area contributed by atoms with Crippen LogP contribution in [-0.2, 0) is 0 Å². The molecule has 0 saturated heterocycles. The molecule has 0 aliphatic carbocycles. The van der Waals surface area contributed by atoms with Crippen LogP contribution in [0.2, 0.25) is 0 Å². The smallest absolute Gasteiger partial charge is 0.255 e. The third-order valence-corrected chi connectivity index (χ3v) is 4.53. The van der Waals surface area contributed by atoms with Crippen molar-refractivity contribution in [2.24, 2.45) is 10.7 Å². The van der Waals surface area contributed by atoms with Crippen LogP contribution in [0.3, 0.4) is 0 Å². The highest BCUT2D eigenvalue weighted by Gasteiger charge is 2.31. The van der Waals surface area contributed by atoms with Crippen molar-refractivity contribution in [3.05, 3.63) is 76.6 Å². The van der Waals surface area contributed by atoms with Crippen LogP contribution in [-0.4, -0.2) is 38.7 Å². The second kappa shape index (κ2) is 8.39. The maximum Gasteiger partial charge on any atom is 0.255 e. The standard InChI is InChI=1S/C21H22N4O3/c1-23-11-15(10-22)25-20(26)14-8-16-18(13-6-4-3-5-7-13)12-28-19(16)17(9-14)21(27)24-2/h3-11,18H,12,22H2,1-2H3,(H,24,27)(H,25,26). The first-order valence-electron chi connectivity index (χ1n) is 8.82. The van der Waals surface area contributed by atoms with Crippen LogP contribution in [0.4, 0.5) is 0 Å². The summed E-state index contributed by atoms with van der Waals surface area (Å²) in [5.41, 5.74) is 8.42. The van der Waals surface area contributed by atoms with Gasteiger partial charge >= 0.3 is 0 Å². The number of nitrogens with zero attached hydrogens (tertiary/aromatic N) is 1. The lowest BCUT2D eigenvalue weighted by Crippen LogP contribution is -2.25. The fourth-order valence-electron chi connectivity index (χ4n) is 3.18. The number of benzene rings is 2. The fourth-order valence-corrected chi connectivity index (χ4v) is 3.18. The van der Waals surface area contributed by atoms with E-state index in [-0.39, 0.29) is 17.7 Å². The van der Waals surface area contributed by atoms with E-state index in [4.69, 9.17) is 10.5 Å². The second-order valence-electron chi connectivity index (χ2n) is 6.26. The van der Waals surface area contributed by atoms with E-state index in [1.54, 1.807) is 13.1 Å². The zero-order valence-corrected chi connectivity index (χ0v) is 15.7. The Morgan fingerprint density at radius 1 is 1.21 bits per heavy atom. The molecule has 0 bridgehead atoms. The van der Waals surface area contributed by atoms with Crippen molar-refractivity contribution >= 4 is 18.0 Å². The van der Waals surface area contributed by atoms with Crippen molar-refractivity contribution in [3.63, 3.8) is 0 Å². The highest BCUT2D eigenvalue weighted by atomic mass is 16.5. The molecule has 2 aromatic rings. The zero-order valence-electron chi connectivity index (χ0n) is 15.7. The van der Waals surface area contributed by atoms with Crippen molar-refractivity contribution in [2.75, 3.05) is 20.7 Å². The van der Waals surface area contributed by atoms with Crippen LogP contribution in [0.15, 0.2) is 59.4 Å². The Bertz CT molecular complexity index is 952. The maximum atomic E-state index is 12.8. The van der Waals surface area contributed by atoms with E-state index in [0.717, 1.165) is 11.1 Å². The van der Waals surface area contributed by atoms with Gasteiger partial charge in [0.1, 0.15) is 5.75 Å². The molecule has 1 atom stereocenters. The number of nitrogens with two attached hydrogens (primary N) is 1. The van der Waals surface area contributed by atoms with Gasteiger partial charge in [-0.2, -0.15) is 0 Å². The van der Waals surface area contributed by atoms with Crippen LogP contribution < -0.4 is 21.1 Å². The summed E-state index contributed by atoms with van der Waals surface area (Å²) in [6.07, 6.45) is 2.70. The van der Waals surface area contributed by atoms with Gasteiger partial charge in [0, 0.05) is 43.6 Å². The number of carbonyl (C=O) groups excluding carboxylic acids is 2. The molecule has 28 heavy (non-hydrogen) atoms. The molecule has 1 aliphatic heterocycles. The molecule has 1 aliphatic rings. The Labute approximate surface area is 163 Å². The quantitative estimate of drug-likeness (QED) is 0.690. The number of hydrogen-bond donors (Lipinski definition) is 3. The summed E-state index contributed by atoms with van der Waals surface area (Å²) in [5, 5.41) is 5.29. The second-order valence-corrected chi connectivity index (χ2v) is 6.26. The van der Waals surface area contributed by atoms with Crippen molar-refractivity contribution in [1.29, 1.82) is 0 Å². The Morgan fingerprint density at radius 3 is 2.61 bits per heavy atom. The number of ether oxygens (including phenoxy) is 1. The van der Waals surface area contributed by atoms with E-state index in [2.05, 4.69) is 15.6 Å². The maximum absolute atomic E-state index is 12.8. The lowest BCUT2D eigenvalue weighted by molar-refractivity contribution is 0.0960. The van der Waals surface area contributed by atoms with Gasteiger partial charge in [0.2, 0.25) is 0 Å². The molecule has 1 heterocycles. The van der Waals surface area contributed by atoms with Crippen molar-refractivity contribution in [1.82, 2.24) is 10.6 Å². The molecule has 0 fully saturated rings. The van der Waals surface area contributed by atoms with E-state index < -0.39 is 0 Å².